The molecule has 0 aliphatic heterocycles. The molecular weight excluding hydrogens is 407 g/mol. The number of hydrogen-bond acceptors (Lipinski definition) is 2. The molecule has 0 atom stereocenters. The summed E-state index contributed by atoms with van der Waals surface area (Å²) < 4.78 is 1.22. The molecule has 6 heteroatoms. The van der Waals surface area contributed by atoms with Gasteiger partial charge in [-0.1, -0.05) is 34.8 Å². The maximum Gasteiger partial charge on any atom is 0.118 e. The molecule has 0 radical (unpaired) electrons. The van der Waals surface area contributed by atoms with Gasteiger partial charge in [-0.2, -0.15) is 0 Å². The number of halogens is 4. The summed E-state index contributed by atoms with van der Waals surface area (Å²) in [4.78, 5) is 0. The van der Waals surface area contributed by atoms with Gasteiger partial charge in [-0.15, -0.1) is 0 Å². The minimum absolute atomic E-state index is 0.0133. The second-order valence-electron chi connectivity index (χ2n) is 3.27. The maximum absolute atomic E-state index is 8.89. The van der Waals surface area contributed by atoms with Crippen molar-refractivity contribution in [3.63, 3.8) is 0 Å². The second-order valence-corrected chi connectivity index (χ2v) is 5.71. The van der Waals surface area contributed by atoms with Crippen molar-refractivity contribution in [2.24, 2.45) is 0 Å². The Labute approximate surface area is 134 Å². The lowest BCUT2D eigenvalue weighted by molar-refractivity contribution is 0.475. The smallest absolute Gasteiger partial charge is 0.118 e. The molecule has 0 heterocycles. The second kappa shape index (κ2) is 7.28. The number of benzene rings is 2. The lowest BCUT2D eigenvalue weighted by atomic mass is 10.3. The molecule has 0 unspecified atom stereocenters. The molecule has 0 saturated carbocycles. The highest BCUT2D eigenvalue weighted by Gasteiger charge is 2.03. The highest BCUT2D eigenvalue weighted by Crippen LogP contribution is 2.33. The SMILES string of the molecule is Nc1ccc(I)cc1.Oc1cc(Cl)c(Cl)c(Cl)c1. The minimum Gasteiger partial charge on any atom is -0.508 e. The molecule has 0 saturated heterocycles. The molecular formula is C12H9Cl3INO. The van der Waals surface area contributed by atoms with Gasteiger partial charge in [0.15, 0.2) is 0 Å². The maximum atomic E-state index is 8.89. The molecule has 3 N–H and O–H groups in total. The first-order valence-corrected chi connectivity index (χ1v) is 6.96. The van der Waals surface area contributed by atoms with E-state index in [-0.39, 0.29) is 20.8 Å². The van der Waals surface area contributed by atoms with E-state index in [2.05, 4.69) is 22.6 Å². The van der Waals surface area contributed by atoms with E-state index in [4.69, 9.17) is 45.6 Å². The van der Waals surface area contributed by atoms with Crippen molar-refractivity contribution >= 4 is 63.1 Å². The number of anilines is 1. The van der Waals surface area contributed by atoms with Gasteiger partial charge in [0.05, 0.1) is 15.1 Å². The molecule has 2 nitrogen and oxygen atoms in total. The first-order chi connectivity index (χ1) is 8.40. The van der Waals surface area contributed by atoms with Crippen LogP contribution < -0.4 is 5.73 Å². The van der Waals surface area contributed by atoms with Crippen LogP contribution in [0.15, 0.2) is 36.4 Å². The Kier molecular flexibility index (Phi) is 6.35. The van der Waals surface area contributed by atoms with Gasteiger partial charge in [0.1, 0.15) is 5.75 Å². The van der Waals surface area contributed by atoms with Crippen LogP contribution in [0.2, 0.25) is 15.1 Å². The van der Waals surface area contributed by atoms with E-state index < -0.39 is 0 Å². The monoisotopic (exact) mass is 415 g/mol. The summed E-state index contributed by atoms with van der Waals surface area (Å²) in [6.45, 7) is 0. The van der Waals surface area contributed by atoms with Crippen LogP contribution in [0.1, 0.15) is 0 Å². The third-order valence-electron chi connectivity index (χ3n) is 1.84. The predicted octanol–water partition coefficient (Wildman–Crippen LogP) is 5.23. The van der Waals surface area contributed by atoms with Gasteiger partial charge in [-0.05, 0) is 46.9 Å². The molecule has 2 aromatic carbocycles. The molecule has 0 aromatic heterocycles. The van der Waals surface area contributed by atoms with Crippen molar-refractivity contribution in [2.75, 3.05) is 5.73 Å². The van der Waals surface area contributed by atoms with Crippen molar-refractivity contribution in [3.8, 4) is 5.75 Å². The first kappa shape index (κ1) is 15.7. The highest BCUT2D eigenvalue weighted by atomic mass is 127. The Hall–Kier alpha value is -0.360. The Bertz CT molecular complexity index is 487. The third kappa shape index (κ3) is 5.10. The number of phenolic OH excluding ortho intramolecular Hbond substituents is 1. The van der Waals surface area contributed by atoms with Gasteiger partial charge >= 0.3 is 0 Å². The van der Waals surface area contributed by atoms with Crippen molar-refractivity contribution in [1.29, 1.82) is 0 Å². The van der Waals surface area contributed by atoms with Crippen LogP contribution in [-0.4, -0.2) is 5.11 Å². The zero-order valence-corrected chi connectivity index (χ0v) is 13.4. The molecule has 0 aliphatic rings. The summed E-state index contributed by atoms with van der Waals surface area (Å²) in [6.07, 6.45) is 0. The Morgan fingerprint density at radius 1 is 0.944 bits per heavy atom. The van der Waals surface area contributed by atoms with E-state index >= 15 is 0 Å². The lowest BCUT2D eigenvalue weighted by Gasteiger charge is -1.98. The number of hydrogen-bond donors (Lipinski definition) is 2. The van der Waals surface area contributed by atoms with Crippen LogP contribution in [0.4, 0.5) is 5.69 Å². The van der Waals surface area contributed by atoms with Crippen LogP contribution in [0.5, 0.6) is 5.75 Å². The van der Waals surface area contributed by atoms with E-state index in [0.717, 1.165) is 5.69 Å². The average molecular weight is 416 g/mol. The lowest BCUT2D eigenvalue weighted by Crippen LogP contribution is -1.81. The van der Waals surface area contributed by atoms with Gasteiger partial charge < -0.3 is 10.8 Å². The quantitative estimate of drug-likeness (QED) is 0.351. The minimum atomic E-state index is 0.0133. The van der Waals surface area contributed by atoms with Crippen LogP contribution in [0.3, 0.4) is 0 Å². The van der Waals surface area contributed by atoms with Gasteiger partial charge in [0.2, 0.25) is 0 Å². The summed E-state index contributed by atoms with van der Waals surface area (Å²) in [5.74, 6) is 0.0133. The highest BCUT2D eigenvalue weighted by molar-refractivity contribution is 14.1. The number of rotatable bonds is 0. The third-order valence-corrected chi connectivity index (χ3v) is 3.75. The summed E-state index contributed by atoms with van der Waals surface area (Å²) in [6, 6.07) is 10.4. The van der Waals surface area contributed by atoms with E-state index in [1.807, 2.05) is 24.3 Å². The summed E-state index contributed by atoms with van der Waals surface area (Å²) in [7, 11) is 0. The fraction of sp³-hybridized carbons (Fsp3) is 0. The van der Waals surface area contributed by atoms with E-state index in [1.165, 1.54) is 15.7 Å². The molecule has 0 amide bonds. The van der Waals surface area contributed by atoms with Crippen LogP contribution in [-0.2, 0) is 0 Å². The van der Waals surface area contributed by atoms with Crippen LogP contribution in [0, 0.1) is 3.57 Å². The zero-order chi connectivity index (χ0) is 13.7. The van der Waals surface area contributed by atoms with E-state index in [9.17, 15) is 0 Å². The fourth-order valence-electron chi connectivity index (χ4n) is 1.00. The van der Waals surface area contributed by atoms with Crippen LogP contribution >= 0.6 is 57.4 Å². The first-order valence-electron chi connectivity index (χ1n) is 4.74. The molecule has 0 bridgehead atoms. The van der Waals surface area contributed by atoms with Crippen molar-refractivity contribution in [1.82, 2.24) is 0 Å². The molecule has 0 fully saturated rings. The molecule has 2 aromatic rings. The standard InChI is InChI=1S/C6H3Cl3O.C6H6IN/c7-4-1-3(10)2-5(8)6(4)9;7-5-1-3-6(8)4-2-5/h1-2,10H;1-4H,8H2. The molecule has 96 valence electrons. The Balaban J connectivity index is 0.000000184. The average Bonchev–Trinajstić information content (AvgIpc) is 2.31. The topological polar surface area (TPSA) is 46.2 Å². The summed E-state index contributed by atoms with van der Waals surface area (Å²) in [5.41, 5.74) is 6.25. The molecule has 18 heavy (non-hydrogen) atoms. The zero-order valence-electron chi connectivity index (χ0n) is 9.00. The Morgan fingerprint density at radius 3 is 1.78 bits per heavy atom. The largest absolute Gasteiger partial charge is 0.508 e. The molecule has 2 rings (SSSR count). The van der Waals surface area contributed by atoms with Crippen molar-refractivity contribution in [3.05, 3.63) is 55.0 Å². The van der Waals surface area contributed by atoms with Gasteiger partial charge in [0, 0.05) is 21.4 Å². The van der Waals surface area contributed by atoms with Crippen molar-refractivity contribution < 1.29 is 5.11 Å². The number of aromatic hydroxyl groups is 1. The van der Waals surface area contributed by atoms with Gasteiger partial charge in [-0.3, -0.25) is 0 Å². The summed E-state index contributed by atoms with van der Waals surface area (Å²) in [5, 5.41) is 9.67. The predicted molar refractivity (Wildman–Crippen MR) is 86.7 cm³/mol. The Morgan fingerprint density at radius 2 is 1.39 bits per heavy atom. The molecule has 0 aliphatic carbocycles. The number of nitrogen functional groups attached to an aromatic ring is 1. The molecule has 0 spiro atoms. The number of nitrogens with two attached hydrogens (primary N) is 1. The van der Waals surface area contributed by atoms with Gasteiger partial charge in [0.25, 0.3) is 0 Å². The van der Waals surface area contributed by atoms with Crippen molar-refractivity contribution in [2.45, 2.75) is 0 Å². The van der Waals surface area contributed by atoms with Crippen LogP contribution in [0.25, 0.3) is 0 Å². The van der Waals surface area contributed by atoms with E-state index in [1.54, 1.807) is 0 Å². The fourth-order valence-corrected chi connectivity index (χ4v) is 1.95. The summed E-state index contributed by atoms with van der Waals surface area (Å²) >= 11 is 18.9. The van der Waals surface area contributed by atoms with Gasteiger partial charge in [-0.25, -0.2) is 0 Å². The number of phenols is 1. The normalized spacial score (nSPS) is 9.56. The van der Waals surface area contributed by atoms with E-state index in [0.29, 0.717) is 0 Å².